The Morgan fingerprint density at radius 2 is 1.88 bits per heavy atom. The van der Waals surface area contributed by atoms with E-state index in [0.29, 0.717) is 5.75 Å². The minimum Gasteiger partial charge on any atom is -0.512 e. The Balaban J connectivity index is 2.30. The van der Waals surface area contributed by atoms with Crippen molar-refractivity contribution in [3.05, 3.63) is 29.8 Å². The van der Waals surface area contributed by atoms with Crippen LogP contribution in [-0.2, 0) is 6.54 Å². The van der Waals surface area contributed by atoms with Crippen molar-refractivity contribution in [3.63, 3.8) is 0 Å². The van der Waals surface area contributed by atoms with Gasteiger partial charge in [0, 0.05) is 19.6 Å². The van der Waals surface area contributed by atoms with E-state index in [1.807, 2.05) is 26.2 Å². The zero-order valence-electron chi connectivity index (χ0n) is 10.3. The van der Waals surface area contributed by atoms with Crippen molar-refractivity contribution in [2.24, 2.45) is 0 Å². The van der Waals surface area contributed by atoms with Gasteiger partial charge in [-0.3, -0.25) is 0 Å². The summed E-state index contributed by atoms with van der Waals surface area (Å²) in [5.41, 5.74) is 1.13. The first-order valence-electron chi connectivity index (χ1n) is 5.55. The van der Waals surface area contributed by atoms with Crippen molar-refractivity contribution in [2.45, 2.75) is 6.54 Å². The van der Waals surface area contributed by atoms with E-state index < -0.39 is 7.32 Å². The van der Waals surface area contributed by atoms with E-state index in [2.05, 4.69) is 10.2 Å². The van der Waals surface area contributed by atoms with E-state index in [1.165, 1.54) is 0 Å². The van der Waals surface area contributed by atoms with Gasteiger partial charge in [-0.1, -0.05) is 12.1 Å². The lowest BCUT2D eigenvalue weighted by molar-refractivity contribution is 0.288. The van der Waals surface area contributed by atoms with E-state index in [1.54, 1.807) is 12.1 Å². The van der Waals surface area contributed by atoms with Crippen LogP contribution in [-0.4, -0.2) is 49.5 Å². The summed E-state index contributed by atoms with van der Waals surface area (Å²) in [6.45, 7) is 2.72. The van der Waals surface area contributed by atoms with Gasteiger partial charge in [0.15, 0.2) is 0 Å². The van der Waals surface area contributed by atoms with Crippen LogP contribution in [0.3, 0.4) is 0 Å². The van der Waals surface area contributed by atoms with E-state index in [9.17, 15) is 0 Å². The van der Waals surface area contributed by atoms with Gasteiger partial charge in [0.1, 0.15) is 5.75 Å². The first-order valence-corrected chi connectivity index (χ1v) is 5.55. The van der Waals surface area contributed by atoms with E-state index in [0.717, 1.165) is 25.2 Å². The molecular formula is C11H19BN2O3. The van der Waals surface area contributed by atoms with Crippen molar-refractivity contribution < 1.29 is 14.7 Å². The Kier molecular flexibility index (Phi) is 6.00. The maximum absolute atomic E-state index is 8.62. The molecule has 1 aromatic rings. The van der Waals surface area contributed by atoms with Gasteiger partial charge in [0.2, 0.25) is 0 Å². The molecule has 0 aromatic heterocycles. The van der Waals surface area contributed by atoms with E-state index >= 15 is 0 Å². The Hall–Kier alpha value is -1.08. The van der Waals surface area contributed by atoms with Crippen molar-refractivity contribution in [2.75, 3.05) is 27.2 Å². The average Bonchev–Trinajstić information content (AvgIpc) is 2.25. The molecule has 0 unspecified atom stereocenters. The van der Waals surface area contributed by atoms with Gasteiger partial charge in [-0.05, 0) is 31.8 Å². The second-order valence-electron chi connectivity index (χ2n) is 4.07. The third-order valence-corrected chi connectivity index (χ3v) is 2.23. The Morgan fingerprint density at radius 1 is 1.24 bits per heavy atom. The highest BCUT2D eigenvalue weighted by Crippen LogP contribution is 2.12. The second kappa shape index (κ2) is 7.29. The molecule has 0 spiro atoms. The number of rotatable bonds is 7. The molecule has 3 N–H and O–H groups in total. The van der Waals surface area contributed by atoms with Gasteiger partial charge >= 0.3 is 7.32 Å². The molecule has 0 radical (unpaired) electrons. The zero-order chi connectivity index (χ0) is 12.7. The summed E-state index contributed by atoms with van der Waals surface area (Å²) in [6.07, 6.45) is 0. The SMILES string of the molecule is CN(C)CCNCc1ccc(OB(O)O)cc1. The summed E-state index contributed by atoms with van der Waals surface area (Å²) in [5.74, 6) is 0.442. The van der Waals surface area contributed by atoms with Crippen LogP contribution in [0.5, 0.6) is 5.75 Å². The molecule has 1 rings (SSSR count). The Morgan fingerprint density at radius 3 is 2.41 bits per heavy atom. The Bertz CT molecular complexity index is 317. The van der Waals surface area contributed by atoms with Crippen molar-refractivity contribution in [1.82, 2.24) is 10.2 Å². The van der Waals surface area contributed by atoms with Crippen LogP contribution < -0.4 is 9.97 Å². The molecule has 0 aliphatic rings. The fourth-order valence-corrected chi connectivity index (χ4v) is 1.34. The molecule has 5 nitrogen and oxygen atoms in total. The summed E-state index contributed by atoms with van der Waals surface area (Å²) in [7, 11) is 2.31. The minimum absolute atomic E-state index is 0.442. The predicted molar refractivity (Wildman–Crippen MR) is 67.5 cm³/mol. The van der Waals surface area contributed by atoms with Crippen LogP contribution in [0.15, 0.2) is 24.3 Å². The topological polar surface area (TPSA) is 65.0 Å². The number of hydrogen-bond donors (Lipinski definition) is 3. The third kappa shape index (κ3) is 6.28. The van der Waals surface area contributed by atoms with Gasteiger partial charge in [-0.2, -0.15) is 0 Å². The van der Waals surface area contributed by atoms with Crippen LogP contribution >= 0.6 is 0 Å². The number of likely N-dealkylation sites (N-methyl/N-ethyl adjacent to an activating group) is 1. The van der Waals surface area contributed by atoms with Gasteiger partial charge in [0.25, 0.3) is 0 Å². The van der Waals surface area contributed by atoms with Gasteiger partial charge in [-0.25, -0.2) is 0 Å². The molecule has 6 heteroatoms. The fraction of sp³-hybridized carbons (Fsp3) is 0.455. The monoisotopic (exact) mass is 238 g/mol. The van der Waals surface area contributed by atoms with Gasteiger partial charge in [0.05, 0.1) is 0 Å². The number of hydrogen-bond acceptors (Lipinski definition) is 5. The fourth-order valence-electron chi connectivity index (χ4n) is 1.34. The minimum atomic E-state index is -1.76. The van der Waals surface area contributed by atoms with Crippen molar-refractivity contribution >= 4 is 7.32 Å². The standard InChI is InChI=1S/C11H19BN2O3/c1-14(2)8-7-13-9-10-3-5-11(6-4-10)17-12(15)16/h3-6,13,15-16H,7-9H2,1-2H3. The van der Waals surface area contributed by atoms with Crippen LogP contribution in [0.1, 0.15) is 5.56 Å². The summed E-state index contributed by atoms with van der Waals surface area (Å²) in [4.78, 5) is 2.12. The molecule has 0 fully saturated rings. The lowest BCUT2D eigenvalue weighted by Gasteiger charge is -2.10. The molecule has 0 saturated carbocycles. The highest BCUT2D eigenvalue weighted by Gasteiger charge is 2.10. The smallest absolute Gasteiger partial charge is 0.512 e. The molecule has 17 heavy (non-hydrogen) atoms. The molecule has 0 heterocycles. The summed E-state index contributed by atoms with van der Waals surface area (Å²) < 4.78 is 4.71. The molecule has 1 aromatic carbocycles. The first-order chi connectivity index (χ1) is 8.08. The van der Waals surface area contributed by atoms with Gasteiger partial charge < -0.3 is 24.9 Å². The van der Waals surface area contributed by atoms with E-state index in [-0.39, 0.29) is 0 Å². The van der Waals surface area contributed by atoms with Crippen molar-refractivity contribution in [3.8, 4) is 5.75 Å². The lowest BCUT2D eigenvalue weighted by atomic mass is 10.2. The maximum Gasteiger partial charge on any atom is 0.707 e. The predicted octanol–water partition coefficient (Wildman–Crippen LogP) is -0.314. The molecule has 0 amide bonds. The molecule has 0 aliphatic heterocycles. The number of nitrogens with one attached hydrogen (secondary N) is 1. The third-order valence-electron chi connectivity index (χ3n) is 2.23. The molecule has 0 bridgehead atoms. The highest BCUT2D eigenvalue weighted by molar-refractivity contribution is 6.33. The molecule has 94 valence electrons. The zero-order valence-corrected chi connectivity index (χ0v) is 10.3. The number of nitrogens with zero attached hydrogens (tertiary/aromatic N) is 1. The maximum atomic E-state index is 8.62. The van der Waals surface area contributed by atoms with Crippen LogP contribution in [0.2, 0.25) is 0 Å². The van der Waals surface area contributed by atoms with Crippen LogP contribution in [0.4, 0.5) is 0 Å². The normalized spacial score (nSPS) is 10.6. The van der Waals surface area contributed by atoms with Crippen LogP contribution in [0.25, 0.3) is 0 Å². The van der Waals surface area contributed by atoms with Gasteiger partial charge in [-0.15, -0.1) is 0 Å². The summed E-state index contributed by atoms with van der Waals surface area (Å²) in [5, 5.41) is 20.5. The molecular weight excluding hydrogens is 219 g/mol. The summed E-state index contributed by atoms with van der Waals surface area (Å²) in [6, 6.07) is 7.20. The summed E-state index contributed by atoms with van der Waals surface area (Å²) >= 11 is 0. The van der Waals surface area contributed by atoms with Crippen molar-refractivity contribution in [1.29, 1.82) is 0 Å². The largest absolute Gasteiger partial charge is 0.707 e. The average molecular weight is 238 g/mol. The molecule has 0 aliphatic carbocycles. The lowest BCUT2D eigenvalue weighted by Crippen LogP contribution is -2.26. The molecule has 0 saturated heterocycles. The first kappa shape index (κ1) is 14.0. The van der Waals surface area contributed by atoms with E-state index in [4.69, 9.17) is 14.7 Å². The quantitative estimate of drug-likeness (QED) is 0.449. The highest BCUT2D eigenvalue weighted by atomic mass is 16.6. The molecule has 0 atom stereocenters. The number of benzene rings is 1. The Labute approximate surface area is 102 Å². The van der Waals surface area contributed by atoms with Crippen LogP contribution in [0, 0.1) is 0 Å². The second-order valence-corrected chi connectivity index (χ2v) is 4.07.